The van der Waals surface area contributed by atoms with E-state index < -0.39 is 6.03 Å². The van der Waals surface area contributed by atoms with Crippen molar-refractivity contribution in [1.29, 1.82) is 0 Å². The molecule has 1 aliphatic rings. The van der Waals surface area contributed by atoms with Crippen molar-refractivity contribution in [2.45, 2.75) is 25.0 Å². The minimum atomic E-state index is -0.668. The fourth-order valence-electron chi connectivity index (χ4n) is 3.37. The van der Waals surface area contributed by atoms with E-state index >= 15 is 0 Å². The van der Waals surface area contributed by atoms with Crippen molar-refractivity contribution < 1.29 is 9.59 Å². The van der Waals surface area contributed by atoms with Crippen LogP contribution in [0, 0.1) is 0 Å². The van der Waals surface area contributed by atoms with Crippen molar-refractivity contribution in [2.24, 2.45) is 5.73 Å². The molecule has 3 aromatic rings. The second kappa shape index (κ2) is 8.26. The number of primary amides is 1. The molecule has 0 aliphatic heterocycles. The van der Waals surface area contributed by atoms with Crippen LogP contribution in [-0.2, 0) is 23.4 Å². The summed E-state index contributed by atoms with van der Waals surface area (Å²) >= 11 is 2.97. The van der Waals surface area contributed by atoms with Gasteiger partial charge in [-0.25, -0.2) is 9.78 Å². The first-order chi connectivity index (χ1) is 14.0. The van der Waals surface area contributed by atoms with Crippen LogP contribution in [0.5, 0.6) is 0 Å². The molecule has 4 rings (SSSR count). The number of nitrogens with one attached hydrogen (secondary N) is 3. The zero-order chi connectivity index (χ0) is 20.4. The highest BCUT2D eigenvalue weighted by Gasteiger charge is 2.21. The van der Waals surface area contributed by atoms with E-state index in [-0.39, 0.29) is 17.2 Å². The number of H-pyrrole nitrogens is 1. The van der Waals surface area contributed by atoms with E-state index in [1.54, 1.807) is 35.6 Å². The summed E-state index contributed by atoms with van der Waals surface area (Å²) in [6.45, 7) is 0. The quantitative estimate of drug-likeness (QED) is 0.479. The molecule has 0 atom stereocenters. The predicted molar refractivity (Wildman–Crippen MR) is 117 cm³/mol. The predicted octanol–water partition coefficient (Wildman–Crippen LogP) is 2.84. The number of benzene rings is 1. The lowest BCUT2D eigenvalue weighted by Crippen LogP contribution is -2.19. The number of hydrogen-bond donors (Lipinski definition) is 4. The first kappa shape index (κ1) is 19.5. The molecule has 0 radical (unpaired) electrons. The summed E-state index contributed by atoms with van der Waals surface area (Å²) in [6, 6.07) is 6.05. The van der Waals surface area contributed by atoms with Crippen LogP contribution in [0.3, 0.4) is 0 Å². The topological polar surface area (TPSA) is 130 Å². The van der Waals surface area contributed by atoms with Crippen LogP contribution in [0.15, 0.2) is 29.1 Å². The molecule has 150 valence electrons. The molecule has 0 saturated heterocycles. The molecular weight excluding hydrogens is 410 g/mol. The number of aryl methyl sites for hydroxylation is 2. The third-order valence-corrected chi connectivity index (χ3v) is 6.64. The molecule has 1 aliphatic carbocycles. The van der Waals surface area contributed by atoms with E-state index in [0.29, 0.717) is 23.0 Å². The Balaban J connectivity index is 1.35. The number of urea groups is 1. The SMILES string of the molecule is NC(=O)Nc1cccc(NC(=O)CSCc2nc3sc4c(c3c(=O)[nH]2)CCC4)c1. The maximum absolute atomic E-state index is 12.5. The smallest absolute Gasteiger partial charge is 0.316 e. The van der Waals surface area contributed by atoms with Crippen LogP contribution in [-0.4, -0.2) is 27.7 Å². The lowest BCUT2D eigenvalue weighted by Gasteiger charge is -2.07. The summed E-state index contributed by atoms with van der Waals surface area (Å²) < 4.78 is 0. The number of fused-ring (bicyclic) bond motifs is 3. The molecular formula is C19H19N5O3S2. The monoisotopic (exact) mass is 429 g/mol. The number of anilines is 2. The molecule has 29 heavy (non-hydrogen) atoms. The van der Waals surface area contributed by atoms with Crippen molar-refractivity contribution in [3.63, 3.8) is 0 Å². The number of nitrogens with zero attached hydrogens (tertiary/aromatic N) is 1. The van der Waals surface area contributed by atoms with Gasteiger partial charge in [-0.2, -0.15) is 0 Å². The molecule has 0 saturated carbocycles. The number of carbonyl (C=O) groups excluding carboxylic acids is 2. The van der Waals surface area contributed by atoms with Gasteiger partial charge in [-0.3, -0.25) is 9.59 Å². The van der Waals surface area contributed by atoms with E-state index in [2.05, 4.69) is 20.6 Å². The van der Waals surface area contributed by atoms with Gasteiger partial charge < -0.3 is 21.4 Å². The van der Waals surface area contributed by atoms with Crippen LogP contribution in [0.4, 0.5) is 16.2 Å². The maximum atomic E-state index is 12.5. The van der Waals surface area contributed by atoms with Gasteiger partial charge in [0.25, 0.3) is 5.56 Å². The third kappa shape index (κ3) is 4.43. The van der Waals surface area contributed by atoms with E-state index in [1.165, 1.54) is 16.6 Å². The number of aromatic amines is 1. The second-order valence-electron chi connectivity index (χ2n) is 6.66. The average molecular weight is 430 g/mol. The van der Waals surface area contributed by atoms with Gasteiger partial charge in [0.1, 0.15) is 10.7 Å². The highest BCUT2D eigenvalue weighted by Crippen LogP contribution is 2.34. The van der Waals surface area contributed by atoms with E-state index in [1.807, 2.05) is 0 Å². The van der Waals surface area contributed by atoms with Crippen molar-refractivity contribution in [3.05, 3.63) is 50.9 Å². The molecule has 0 bridgehead atoms. The number of amides is 3. The number of thiophene rings is 1. The molecule has 10 heteroatoms. The van der Waals surface area contributed by atoms with Crippen LogP contribution >= 0.6 is 23.1 Å². The number of nitrogens with two attached hydrogens (primary N) is 1. The minimum Gasteiger partial charge on any atom is -0.351 e. The Hall–Kier alpha value is -2.85. The molecule has 8 nitrogen and oxygen atoms in total. The van der Waals surface area contributed by atoms with Crippen LogP contribution in [0.1, 0.15) is 22.7 Å². The van der Waals surface area contributed by atoms with Crippen molar-refractivity contribution in [2.75, 3.05) is 16.4 Å². The fraction of sp³-hybridized carbons (Fsp3) is 0.263. The summed E-state index contributed by atoms with van der Waals surface area (Å²) in [6.07, 6.45) is 3.07. The van der Waals surface area contributed by atoms with Crippen molar-refractivity contribution in [1.82, 2.24) is 9.97 Å². The van der Waals surface area contributed by atoms with E-state index in [4.69, 9.17) is 5.73 Å². The summed E-state index contributed by atoms with van der Waals surface area (Å²) in [4.78, 5) is 45.0. The number of rotatable bonds is 6. The number of thioether (sulfide) groups is 1. The van der Waals surface area contributed by atoms with Gasteiger partial charge in [0, 0.05) is 16.3 Å². The molecule has 3 amide bonds. The highest BCUT2D eigenvalue weighted by atomic mass is 32.2. The normalized spacial score (nSPS) is 12.7. The van der Waals surface area contributed by atoms with Gasteiger partial charge in [0.2, 0.25) is 5.91 Å². The van der Waals surface area contributed by atoms with Crippen molar-refractivity contribution in [3.8, 4) is 0 Å². The first-order valence-electron chi connectivity index (χ1n) is 9.07. The van der Waals surface area contributed by atoms with Crippen LogP contribution in [0.2, 0.25) is 0 Å². The van der Waals surface area contributed by atoms with Gasteiger partial charge in [0.15, 0.2) is 0 Å². The standard InChI is InChI=1S/C19H19N5O3S2/c20-19(27)22-11-4-1-3-10(7-11)21-15(25)9-28-8-14-23-17(26)16-12-5-2-6-13(12)29-18(16)24-14/h1,3-4,7H,2,5-6,8-9H2,(H,21,25)(H3,20,22,27)(H,23,24,26). The largest absolute Gasteiger partial charge is 0.351 e. The Labute approximate surface area is 174 Å². The highest BCUT2D eigenvalue weighted by molar-refractivity contribution is 7.99. The summed E-state index contributed by atoms with van der Waals surface area (Å²) in [5.74, 6) is 1.03. The lowest BCUT2D eigenvalue weighted by molar-refractivity contribution is -0.113. The average Bonchev–Trinajstić information content (AvgIpc) is 3.22. The van der Waals surface area contributed by atoms with Crippen LogP contribution in [0.25, 0.3) is 10.2 Å². The Bertz CT molecular complexity index is 1150. The fourth-order valence-corrected chi connectivity index (χ4v) is 5.34. The van der Waals surface area contributed by atoms with Gasteiger partial charge in [-0.15, -0.1) is 23.1 Å². The van der Waals surface area contributed by atoms with Gasteiger partial charge >= 0.3 is 6.03 Å². The zero-order valence-electron chi connectivity index (χ0n) is 15.4. The Morgan fingerprint density at radius 1 is 1.24 bits per heavy atom. The third-order valence-electron chi connectivity index (χ3n) is 4.51. The number of aromatic nitrogens is 2. The summed E-state index contributed by atoms with van der Waals surface area (Å²) in [7, 11) is 0. The van der Waals surface area contributed by atoms with Gasteiger partial charge in [0.05, 0.1) is 16.9 Å². The minimum absolute atomic E-state index is 0.0896. The summed E-state index contributed by atoms with van der Waals surface area (Å²) in [5, 5.41) is 5.96. The van der Waals surface area contributed by atoms with E-state index in [0.717, 1.165) is 35.0 Å². The second-order valence-corrected chi connectivity index (χ2v) is 8.73. The molecule has 1 aromatic carbocycles. The Kier molecular flexibility index (Phi) is 5.54. The van der Waals surface area contributed by atoms with Gasteiger partial charge in [-0.05, 0) is 43.0 Å². The molecule has 5 N–H and O–H groups in total. The van der Waals surface area contributed by atoms with Crippen molar-refractivity contribution >= 4 is 56.6 Å². The van der Waals surface area contributed by atoms with E-state index in [9.17, 15) is 14.4 Å². The molecule has 2 heterocycles. The Morgan fingerprint density at radius 2 is 2.03 bits per heavy atom. The molecule has 0 spiro atoms. The Morgan fingerprint density at radius 3 is 2.83 bits per heavy atom. The molecule has 0 unspecified atom stereocenters. The molecule has 2 aromatic heterocycles. The lowest BCUT2D eigenvalue weighted by atomic mass is 10.2. The molecule has 0 fully saturated rings. The zero-order valence-corrected chi connectivity index (χ0v) is 17.0. The summed E-state index contributed by atoms with van der Waals surface area (Å²) in [5.41, 5.74) is 7.22. The number of carbonyl (C=O) groups is 2. The number of hydrogen-bond acceptors (Lipinski definition) is 6. The maximum Gasteiger partial charge on any atom is 0.316 e. The first-order valence-corrected chi connectivity index (χ1v) is 11.0. The van der Waals surface area contributed by atoms with Gasteiger partial charge in [-0.1, -0.05) is 6.07 Å². The van der Waals surface area contributed by atoms with Crippen LogP contribution < -0.4 is 21.9 Å².